The van der Waals surface area contributed by atoms with Crippen LogP contribution in [0.2, 0.25) is 0 Å². The molecule has 5 nitrogen and oxygen atoms in total. The molecule has 2 N–H and O–H groups in total. The van der Waals surface area contributed by atoms with E-state index in [1.807, 2.05) is 6.92 Å². The van der Waals surface area contributed by atoms with Crippen LogP contribution in [0, 0.1) is 5.92 Å². The van der Waals surface area contributed by atoms with Crippen LogP contribution in [0.1, 0.15) is 46.0 Å². The van der Waals surface area contributed by atoms with Gasteiger partial charge < -0.3 is 5.11 Å². The van der Waals surface area contributed by atoms with Crippen molar-refractivity contribution in [3.63, 3.8) is 0 Å². The first kappa shape index (κ1) is 14.4. The molecule has 100 valence electrons. The molecule has 0 aromatic rings. The van der Waals surface area contributed by atoms with Gasteiger partial charge in [0.1, 0.15) is 0 Å². The molecule has 0 amide bonds. The van der Waals surface area contributed by atoms with Gasteiger partial charge in [-0.15, -0.1) is 0 Å². The summed E-state index contributed by atoms with van der Waals surface area (Å²) in [5, 5.41) is 7.33. The van der Waals surface area contributed by atoms with Crippen molar-refractivity contribution >= 4 is 16.0 Å². The fourth-order valence-electron chi connectivity index (χ4n) is 2.22. The normalized spacial score (nSPS) is 22.0. The molecule has 0 heterocycles. The highest BCUT2D eigenvalue weighted by atomic mass is 32.2. The molecule has 2 unspecified atom stereocenters. The maximum absolute atomic E-state index is 11.7. The Labute approximate surface area is 103 Å². The number of nitrogens with one attached hydrogen (secondary N) is 1. The average molecular weight is 263 g/mol. The highest BCUT2D eigenvalue weighted by Crippen LogP contribution is 2.26. The van der Waals surface area contributed by atoms with Crippen LogP contribution in [-0.2, 0) is 14.8 Å². The van der Waals surface area contributed by atoms with Gasteiger partial charge in [0.25, 0.3) is 0 Å². The molecule has 1 aliphatic carbocycles. The first-order chi connectivity index (χ1) is 7.84. The van der Waals surface area contributed by atoms with Gasteiger partial charge in [-0.25, -0.2) is 13.1 Å². The molecule has 1 saturated carbocycles. The molecule has 17 heavy (non-hydrogen) atoms. The lowest BCUT2D eigenvalue weighted by molar-refractivity contribution is -0.136. The summed E-state index contributed by atoms with van der Waals surface area (Å²) in [6, 6.07) is -0.179. The van der Waals surface area contributed by atoms with Gasteiger partial charge >= 0.3 is 5.97 Å². The molecule has 0 aromatic carbocycles. The van der Waals surface area contributed by atoms with Crippen molar-refractivity contribution in [3.05, 3.63) is 0 Å². The highest BCUT2D eigenvalue weighted by Gasteiger charge is 2.31. The van der Waals surface area contributed by atoms with Crippen molar-refractivity contribution in [2.24, 2.45) is 5.92 Å². The lowest BCUT2D eigenvalue weighted by atomic mass is 9.85. The van der Waals surface area contributed by atoms with E-state index in [1.54, 1.807) is 0 Å². The Morgan fingerprint density at radius 3 is 2.24 bits per heavy atom. The molecule has 0 radical (unpaired) electrons. The fraction of sp³-hybridized carbons (Fsp3) is 0.909. The fourth-order valence-corrected chi connectivity index (χ4v) is 3.40. The van der Waals surface area contributed by atoms with Crippen LogP contribution >= 0.6 is 0 Å². The smallest absolute Gasteiger partial charge is 0.323 e. The standard InChI is InChI=1S/C11H21NO4S/c1-8(10-6-4-3-5-7-10)12-17(15,16)9(2)11(13)14/h8-10,12H,3-7H2,1-2H3,(H,13,14). The van der Waals surface area contributed by atoms with E-state index < -0.39 is 21.2 Å². The van der Waals surface area contributed by atoms with Crippen LogP contribution in [0.15, 0.2) is 0 Å². The number of carbonyl (C=O) groups is 1. The quantitative estimate of drug-likeness (QED) is 0.784. The van der Waals surface area contributed by atoms with Crippen LogP contribution < -0.4 is 4.72 Å². The lowest BCUT2D eigenvalue weighted by Gasteiger charge is -2.28. The molecular weight excluding hydrogens is 242 g/mol. The predicted molar refractivity (Wildman–Crippen MR) is 65.2 cm³/mol. The summed E-state index contributed by atoms with van der Waals surface area (Å²) in [5.41, 5.74) is 0. The molecular formula is C11H21NO4S. The van der Waals surface area contributed by atoms with Crippen molar-refractivity contribution in [1.29, 1.82) is 0 Å². The van der Waals surface area contributed by atoms with E-state index in [0.717, 1.165) is 25.7 Å². The zero-order valence-corrected chi connectivity index (χ0v) is 11.2. The Bertz CT molecular complexity index is 360. The molecule has 0 spiro atoms. The monoisotopic (exact) mass is 263 g/mol. The van der Waals surface area contributed by atoms with Gasteiger partial charge in [0.05, 0.1) is 0 Å². The third-order valence-electron chi connectivity index (χ3n) is 3.52. The Morgan fingerprint density at radius 1 is 1.24 bits per heavy atom. The number of carboxylic acid groups (broad SMARTS) is 1. The number of hydrogen-bond donors (Lipinski definition) is 2. The SMILES string of the molecule is CC(NS(=O)(=O)C(C)C(=O)O)C1CCCCC1. The van der Waals surface area contributed by atoms with Gasteiger partial charge in [-0.05, 0) is 32.6 Å². The molecule has 1 fully saturated rings. The highest BCUT2D eigenvalue weighted by molar-refractivity contribution is 7.90. The van der Waals surface area contributed by atoms with E-state index in [1.165, 1.54) is 13.3 Å². The molecule has 0 bridgehead atoms. The molecule has 6 heteroatoms. The van der Waals surface area contributed by atoms with Crippen molar-refractivity contribution in [3.8, 4) is 0 Å². The van der Waals surface area contributed by atoms with Crippen LogP contribution in [0.5, 0.6) is 0 Å². The summed E-state index contributed by atoms with van der Waals surface area (Å²) >= 11 is 0. The molecule has 0 aliphatic heterocycles. The Hall–Kier alpha value is -0.620. The minimum Gasteiger partial charge on any atom is -0.480 e. The van der Waals surface area contributed by atoms with Gasteiger partial charge in [0.2, 0.25) is 10.0 Å². The maximum Gasteiger partial charge on any atom is 0.323 e. The Balaban J connectivity index is 2.60. The van der Waals surface area contributed by atoms with Gasteiger partial charge in [-0.2, -0.15) is 0 Å². The number of carboxylic acids is 1. The Kier molecular flexibility index (Phi) is 4.94. The summed E-state index contributed by atoms with van der Waals surface area (Å²) in [4.78, 5) is 10.7. The second-order valence-electron chi connectivity index (χ2n) is 4.83. The molecule has 1 aliphatic rings. The number of rotatable bonds is 5. The van der Waals surface area contributed by atoms with E-state index in [0.29, 0.717) is 5.92 Å². The third-order valence-corrected chi connectivity index (χ3v) is 5.35. The number of aliphatic carboxylic acids is 1. The van der Waals surface area contributed by atoms with Gasteiger partial charge in [0.15, 0.2) is 5.25 Å². The van der Waals surface area contributed by atoms with Gasteiger partial charge in [-0.3, -0.25) is 4.79 Å². The summed E-state index contributed by atoms with van der Waals surface area (Å²) in [5.74, 6) is -0.979. The number of sulfonamides is 1. The second-order valence-corrected chi connectivity index (χ2v) is 6.86. The largest absolute Gasteiger partial charge is 0.480 e. The molecule has 1 rings (SSSR count). The van der Waals surface area contributed by atoms with Crippen LogP contribution in [0.3, 0.4) is 0 Å². The minimum absolute atomic E-state index is 0.179. The topological polar surface area (TPSA) is 83.5 Å². The molecule has 0 aromatic heterocycles. The maximum atomic E-state index is 11.7. The first-order valence-corrected chi connectivity index (χ1v) is 7.63. The van der Waals surface area contributed by atoms with Crippen molar-refractivity contribution < 1.29 is 18.3 Å². The zero-order valence-electron chi connectivity index (χ0n) is 10.3. The van der Waals surface area contributed by atoms with Crippen molar-refractivity contribution in [2.75, 3.05) is 0 Å². The Morgan fingerprint density at radius 2 is 1.76 bits per heavy atom. The average Bonchev–Trinajstić information content (AvgIpc) is 2.28. The van der Waals surface area contributed by atoms with Crippen LogP contribution in [0.25, 0.3) is 0 Å². The van der Waals surface area contributed by atoms with E-state index >= 15 is 0 Å². The van der Waals surface area contributed by atoms with E-state index in [9.17, 15) is 13.2 Å². The molecule has 2 atom stereocenters. The summed E-state index contributed by atoms with van der Waals surface area (Å²) in [6.07, 6.45) is 5.51. The van der Waals surface area contributed by atoms with E-state index in [2.05, 4.69) is 4.72 Å². The van der Waals surface area contributed by atoms with Gasteiger partial charge in [0, 0.05) is 6.04 Å². The lowest BCUT2D eigenvalue weighted by Crippen LogP contribution is -2.45. The minimum atomic E-state index is -3.76. The predicted octanol–water partition coefficient (Wildman–Crippen LogP) is 1.35. The van der Waals surface area contributed by atoms with Crippen LogP contribution in [0.4, 0.5) is 0 Å². The van der Waals surface area contributed by atoms with Crippen molar-refractivity contribution in [2.45, 2.75) is 57.2 Å². The first-order valence-electron chi connectivity index (χ1n) is 6.08. The van der Waals surface area contributed by atoms with Crippen LogP contribution in [-0.4, -0.2) is 30.8 Å². The number of hydrogen-bond acceptors (Lipinski definition) is 3. The van der Waals surface area contributed by atoms with E-state index in [-0.39, 0.29) is 6.04 Å². The summed E-state index contributed by atoms with van der Waals surface area (Å²) < 4.78 is 26.0. The second kappa shape index (κ2) is 5.82. The molecule has 0 saturated heterocycles. The summed E-state index contributed by atoms with van der Waals surface area (Å²) in [6.45, 7) is 3.01. The third kappa shape index (κ3) is 3.96. The van der Waals surface area contributed by atoms with E-state index in [4.69, 9.17) is 5.11 Å². The zero-order chi connectivity index (χ0) is 13.1. The summed E-state index contributed by atoms with van der Waals surface area (Å²) in [7, 11) is -3.76. The van der Waals surface area contributed by atoms with Gasteiger partial charge in [-0.1, -0.05) is 19.3 Å². The van der Waals surface area contributed by atoms with Crippen molar-refractivity contribution in [1.82, 2.24) is 4.72 Å².